The van der Waals surface area contributed by atoms with Gasteiger partial charge in [-0.1, -0.05) is 26.0 Å². The van der Waals surface area contributed by atoms with Crippen LogP contribution in [0.4, 0.5) is 0 Å². The van der Waals surface area contributed by atoms with E-state index >= 15 is 0 Å². The molecule has 1 N–H and O–H groups in total. The Kier molecular flexibility index (Phi) is 4.35. The molecule has 4 heteroatoms. The van der Waals surface area contributed by atoms with Crippen LogP contribution >= 0.6 is 0 Å². The summed E-state index contributed by atoms with van der Waals surface area (Å²) in [6.07, 6.45) is 6.02. The first-order valence-corrected chi connectivity index (χ1v) is 9.49. The summed E-state index contributed by atoms with van der Waals surface area (Å²) < 4.78 is 2.22. The summed E-state index contributed by atoms with van der Waals surface area (Å²) in [5, 5.41) is 9.90. The third-order valence-electron chi connectivity index (χ3n) is 5.81. The molecule has 2 aliphatic heterocycles. The number of aromatic nitrogens is 2. The van der Waals surface area contributed by atoms with Crippen LogP contribution in [0.1, 0.15) is 50.8 Å². The van der Waals surface area contributed by atoms with Crippen LogP contribution in [0.3, 0.4) is 0 Å². The van der Waals surface area contributed by atoms with Crippen molar-refractivity contribution in [3.8, 4) is 0 Å². The van der Waals surface area contributed by atoms with Crippen molar-refractivity contribution in [3.05, 3.63) is 30.0 Å². The minimum atomic E-state index is 0.497. The minimum Gasteiger partial charge on any atom is -0.310 e. The van der Waals surface area contributed by atoms with Gasteiger partial charge in [-0.2, -0.15) is 5.10 Å². The van der Waals surface area contributed by atoms with Gasteiger partial charge >= 0.3 is 0 Å². The van der Waals surface area contributed by atoms with Crippen LogP contribution in [0.25, 0.3) is 10.9 Å². The molecule has 3 heterocycles. The molecule has 4 rings (SSSR count). The zero-order chi connectivity index (χ0) is 16.7. The number of piperidine rings is 2. The van der Waals surface area contributed by atoms with Crippen molar-refractivity contribution in [2.45, 2.75) is 45.2 Å². The molecule has 0 saturated carbocycles. The van der Waals surface area contributed by atoms with Crippen molar-refractivity contribution >= 4 is 10.9 Å². The van der Waals surface area contributed by atoms with Gasteiger partial charge in [-0.3, -0.25) is 4.68 Å². The quantitative estimate of drug-likeness (QED) is 0.915. The fourth-order valence-electron chi connectivity index (χ4n) is 4.51. The lowest BCUT2D eigenvalue weighted by Crippen LogP contribution is -2.38. The van der Waals surface area contributed by atoms with Crippen LogP contribution in [0.5, 0.6) is 0 Å². The van der Waals surface area contributed by atoms with E-state index in [4.69, 9.17) is 5.10 Å². The number of hydrogen-bond donors (Lipinski definition) is 1. The molecule has 1 aromatic carbocycles. The summed E-state index contributed by atoms with van der Waals surface area (Å²) in [6.45, 7) is 8.11. The molecule has 2 aliphatic rings. The van der Waals surface area contributed by atoms with Gasteiger partial charge in [0.05, 0.1) is 11.6 Å². The van der Waals surface area contributed by atoms with Gasteiger partial charge in [-0.25, -0.2) is 0 Å². The number of likely N-dealkylation sites (tertiary alicyclic amines) is 1. The average Bonchev–Trinajstić information content (AvgIpc) is 2.98. The molecule has 0 radical (unpaired) electrons. The molecule has 0 unspecified atom stereocenters. The maximum absolute atomic E-state index is 4.94. The molecule has 2 aromatic rings. The highest BCUT2D eigenvalue weighted by Crippen LogP contribution is 2.29. The molecule has 0 aliphatic carbocycles. The van der Waals surface area contributed by atoms with E-state index in [1.165, 1.54) is 36.8 Å². The van der Waals surface area contributed by atoms with Crippen molar-refractivity contribution in [1.29, 1.82) is 0 Å². The van der Waals surface area contributed by atoms with Crippen molar-refractivity contribution < 1.29 is 0 Å². The molecule has 0 amide bonds. The minimum absolute atomic E-state index is 0.497. The van der Waals surface area contributed by atoms with Crippen molar-refractivity contribution in [2.75, 3.05) is 26.7 Å². The Morgan fingerprint density at radius 1 is 1.12 bits per heavy atom. The second-order valence-electron chi connectivity index (χ2n) is 8.29. The Balaban J connectivity index is 1.57. The number of likely N-dealkylation sites (N-methyl/N-ethyl adjacent to an activating group) is 1. The van der Waals surface area contributed by atoms with Crippen molar-refractivity contribution in [2.24, 2.45) is 11.8 Å². The first-order valence-electron chi connectivity index (χ1n) is 9.49. The second-order valence-corrected chi connectivity index (χ2v) is 8.29. The van der Waals surface area contributed by atoms with Crippen LogP contribution in [0.2, 0.25) is 0 Å². The number of hydrogen-bond acceptors (Lipinski definition) is 3. The summed E-state index contributed by atoms with van der Waals surface area (Å²) in [7, 11) is 2.22. The predicted molar refractivity (Wildman–Crippen MR) is 99.2 cm³/mol. The number of benzene rings is 1. The Morgan fingerprint density at radius 3 is 2.75 bits per heavy atom. The Bertz CT molecular complexity index is 689. The van der Waals surface area contributed by atoms with Crippen LogP contribution in [0.15, 0.2) is 24.4 Å². The monoisotopic (exact) mass is 326 g/mol. The summed E-state index contributed by atoms with van der Waals surface area (Å²) in [4.78, 5) is 2.43. The highest BCUT2D eigenvalue weighted by molar-refractivity contribution is 5.78. The predicted octanol–water partition coefficient (Wildman–Crippen LogP) is 3.61. The van der Waals surface area contributed by atoms with Crippen LogP contribution in [0, 0.1) is 11.8 Å². The molecule has 1 aromatic heterocycles. The lowest BCUT2D eigenvalue weighted by molar-refractivity contribution is 0.157. The van der Waals surface area contributed by atoms with Gasteiger partial charge in [0.25, 0.3) is 0 Å². The molecule has 24 heavy (non-hydrogen) atoms. The van der Waals surface area contributed by atoms with Gasteiger partial charge in [0.15, 0.2) is 0 Å². The first kappa shape index (κ1) is 16.1. The van der Waals surface area contributed by atoms with E-state index in [2.05, 4.69) is 60.2 Å². The molecular weight excluding hydrogens is 296 g/mol. The molecule has 2 saturated heterocycles. The van der Waals surface area contributed by atoms with E-state index < -0.39 is 0 Å². The fraction of sp³-hybridized carbons (Fsp3) is 0.650. The molecule has 0 spiro atoms. The first-order chi connectivity index (χ1) is 11.6. The second kappa shape index (κ2) is 6.49. The zero-order valence-corrected chi connectivity index (χ0v) is 15.2. The smallest absolute Gasteiger partial charge is 0.0926 e. The van der Waals surface area contributed by atoms with E-state index in [1.807, 2.05) is 0 Å². The van der Waals surface area contributed by atoms with Crippen LogP contribution in [-0.4, -0.2) is 41.4 Å². The highest BCUT2D eigenvalue weighted by atomic mass is 15.3. The lowest BCUT2D eigenvalue weighted by Gasteiger charge is -2.34. The largest absolute Gasteiger partial charge is 0.310 e. The summed E-state index contributed by atoms with van der Waals surface area (Å²) in [5.41, 5.74) is 2.54. The Morgan fingerprint density at radius 2 is 2.00 bits per heavy atom. The van der Waals surface area contributed by atoms with E-state index in [1.54, 1.807) is 0 Å². The van der Waals surface area contributed by atoms with Crippen molar-refractivity contribution in [1.82, 2.24) is 20.0 Å². The fourth-order valence-corrected chi connectivity index (χ4v) is 4.51. The topological polar surface area (TPSA) is 33.1 Å². The zero-order valence-electron chi connectivity index (χ0n) is 15.2. The Hall–Kier alpha value is -1.39. The molecule has 4 nitrogen and oxygen atoms in total. The average molecular weight is 326 g/mol. The standard InChI is InChI=1S/C20H30N4/c1-14-4-7-19(21-10-14)16-5-6-17-12-24(22-20(17)9-16)18-8-15(2)11-23(3)13-18/h5-6,9,12,14-15,18-19,21H,4,7-8,10-11,13H2,1-3H3/t14-,15+,18+,19+/m0/s1. The molecular formula is C20H30N4. The van der Waals surface area contributed by atoms with Gasteiger partial charge in [0, 0.05) is 30.7 Å². The van der Waals surface area contributed by atoms with Gasteiger partial charge in [0.1, 0.15) is 0 Å². The van der Waals surface area contributed by atoms with Crippen LogP contribution in [-0.2, 0) is 0 Å². The van der Waals surface area contributed by atoms with E-state index in [9.17, 15) is 0 Å². The van der Waals surface area contributed by atoms with Gasteiger partial charge in [-0.05, 0) is 56.3 Å². The maximum atomic E-state index is 4.94. The third-order valence-corrected chi connectivity index (χ3v) is 5.81. The molecule has 4 atom stereocenters. The number of nitrogens with zero attached hydrogens (tertiary/aromatic N) is 3. The molecule has 0 bridgehead atoms. The van der Waals surface area contributed by atoms with Gasteiger partial charge in [0.2, 0.25) is 0 Å². The third kappa shape index (κ3) is 3.22. The molecule has 130 valence electrons. The summed E-state index contributed by atoms with van der Waals surface area (Å²) >= 11 is 0. The van der Waals surface area contributed by atoms with Gasteiger partial charge in [-0.15, -0.1) is 0 Å². The normalized spacial score (nSPS) is 32.3. The summed E-state index contributed by atoms with van der Waals surface area (Å²) in [6, 6.07) is 7.84. The number of nitrogens with one attached hydrogen (secondary N) is 1. The molecule has 2 fully saturated rings. The number of rotatable bonds is 2. The number of fused-ring (bicyclic) bond motifs is 1. The van der Waals surface area contributed by atoms with Gasteiger partial charge < -0.3 is 10.2 Å². The van der Waals surface area contributed by atoms with E-state index in [0.717, 1.165) is 30.4 Å². The maximum Gasteiger partial charge on any atom is 0.0926 e. The highest BCUT2D eigenvalue weighted by Gasteiger charge is 2.25. The summed E-state index contributed by atoms with van der Waals surface area (Å²) in [5.74, 6) is 1.54. The van der Waals surface area contributed by atoms with E-state index in [0.29, 0.717) is 12.1 Å². The Labute approximate surface area is 145 Å². The SMILES string of the molecule is C[C@@H]1C[C@@H](n2cc3ccc([C@H]4CC[C@H](C)CN4)cc3n2)CN(C)C1. The van der Waals surface area contributed by atoms with E-state index in [-0.39, 0.29) is 0 Å². The van der Waals surface area contributed by atoms with Crippen LogP contribution < -0.4 is 5.32 Å². The van der Waals surface area contributed by atoms with Crippen molar-refractivity contribution in [3.63, 3.8) is 0 Å². The lowest BCUT2D eigenvalue weighted by atomic mass is 9.92.